The van der Waals surface area contributed by atoms with E-state index < -0.39 is 21.2 Å². The molecule has 0 radical (unpaired) electrons. The molecule has 0 aliphatic heterocycles. The summed E-state index contributed by atoms with van der Waals surface area (Å²) in [5, 5.41) is 4.23. The Bertz CT molecular complexity index is 925. The van der Waals surface area contributed by atoms with Gasteiger partial charge >= 0.3 is 6.18 Å². The van der Waals surface area contributed by atoms with Crippen LogP contribution in [0.1, 0.15) is 11.4 Å². The highest BCUT2D eigenvalue weighted by Crippen LogP contribution is 2.44. The number of alkyl halides is 6. The molecule has 0 fully saturated rings. The number of nitrogens with zero attached hydrogens (tertiary/aromatic N) is 2. The Morgan fingerprint density at radius 1 is 1.26 bits per heavy atom. The minimum absolute atomic E-state index is 0.0334. The molecule has 3 aromatic heterocycles. The van der Waals surface area contributed by atoms with Gasteiger partial charge in [0.25, 0.3) is 5.56 Å². The van der Waals surface area contributed by atoms with E-state index in [9.17, 15) is 18.0 Å². The maximum Gasteiger partial charge on any atom is 0.433 e. The number of thiophene rings is 1. The van der Waals surface area contributed by atoms with E-state index in [0.29, 0.717) is 10.9 Å². The van der Waals surface area contributed by atoms with Crippen LogP contribution in [0.25, 0.3) is 16.1 Å². The Morgan fingerprint density at radius 3 is 2.48 bits per heavy atom. The van der Waals surface area contributed by atoms with Gasteiger partial charge in [0.15, 0.2) is 11.3 Å². The average molecular weight is 403 g/mol. The van der Waals surface area contributed by atoms with Crippen molar-refractivity contribution in [2.45, 2.75) is 9.97 Å². The maximum absolute atomic E-state index is 12.9. The molecule has 23 heavy (non-hydrogen) atoms. The summed E-state index contributed by atoms with van der Waals surface area (Å²) in [5.74, 6) is 0. The number of aromatic amines is 1. The molecule has 3 rings (SSSR count). The lowest BCUT2D eigenvalue weighted by Gasteiger charge is -2.10. The topological polar surface area (TPSA) is 50.2 Å². The van der Waals surface area contributed by atoms with Gasteiger partial charge in [-0.25, -0.2) is 9.50 Å². The van der Waals surface area contributed by atoms with Crippen LogP contribution in [0.5, 0.6) is 0 Å². The Morgan fingerprint density at radius 2 is 1.96 bits per heavy atom. The third-order valence-electron chi connectivity index (χ3n) is 2.96. The molecule has 0 bridgehead atoms. The molecule has 0 aliphatic rings. The Hall–Kier alpha value is -1.22. The van der Waals surface area contributed by atoms with Crippen LogP contribution >= 0.6 is 46.1 Å². The van der Waals surface area contributed by atoms with Gasteiger partial charge in [-0.1, -0.05) is 40.9 Å². The molecule has 122 valence electrons. The van der Waals surface area contributed by atoms with Crippen molar-refractivity contribution in [3.05, 3.63) is 45.3 Å². The zero-order valence-electron chi connectivity index (χ0n) is 10.8. The monoisotopic (exact) mass is 401 g/mol. The summed E-state index contributed by atoms with van der Waals surface area (Å²) < 4.78 is 37.6. The fourth-order valence-corrected chi connectivity index (χ4v) is 3.22. The number of fused-ring (bicyclic) bond motifs is 1. The average Bonchev–Trinajstić information content (AvgIpc) is 3.02. The summed E-state index contributed by atoms with van der Waals surface area (Å²) in [6, 6.07) is 3.68. The number of hydrogen-bond acceptors (Lipinski definition) is 3. The van der Waals surface area contributed by atoms with E-state index >= 15 is 0 Å². The molecule has 11 heteroatoms. The summed E-state index contributed by atoms with van der Waals surface area (Å²) in [4.78, 5) is 16.0. The maximum atomic E-state index is 12.9. The van der Waals surface area contributed by atoms with Crippen molar-refractivity contribution < 1.29 is 13.2 Å². The minimum Gasteiger partial charge on any atom is -0.289 e. The highest BCUT2D eigenvalue weighted by molar-refractivity contribution is 7.13. The smallest absolute Gasteiger partial charge is 0.289 e. The molecule has 0 unspecified atom stereocenters. The summed E-state index contributed by atoms with van der Waals surface area (Å²) >= 11 is 18.8. The van der Waals surface area contributed by atoms with Crippen LogP contribution in [0.4, 0.5) is 13.2 Å². The molecule has 0 saturated carbocycles. The lowest BCUT2D eigenvalue weighted by Crippen LogP contribution is -2.20. The fraction of sp³-hybridized carbons (Fsp3) is 0.167. The molecule has 0 saturated heterocycles. The van der Waals surface area contributed by atoms with Gasteiger partial charge < -0.3 is 0 Å². The Kier molecular flexibility index (Phi) is 3.91. The summed E-state index contributed by atoms with van der Waals surface area (Å²) in [7, 11) is 0. The largest absolute Gasteiger partial charge is 0.433 e. The van der Waals surface area contributed by atoms with Crippen molar-refractivity contribution in [1.82, 2.24) is 14.6 Å². The third kappa shape index (κ3) is 2.96. The second kappa shape index (κ2) is 5.41. The summed E-state index contributed by atoms with van der Waals surface area (Å²) in [6.07, 6.45) is -4.77. The van der Waals surface area contributed by atoms with Crippen molar-refractivity contribution in [2.75, 3.05) is 0 Å². The Balaban J connectivity index is 2.45. The van der Waals surface area contributed by atoms with Crippen LogP contribution in [-0.2, 0) is 9.97 Å². The third-order valence-corrected chi connectivity index (χ3v) is 4.41. The number of halogens is 6. The van der Waals surface area contributed by atoms with Crippen LogP contribution in [0.2, 0.25) is 0 Å². The van der Waals surface area contributed by atoms with Crippen molar-refractivity contribution in [3.63, 3.8) is 0 Å². The van der Waals surface area contributed by atoms with E-state index in [1.165, 1.54) is 11.3 Å². The van der Waals surface area contributed by atoms with Gasteiger partial charge in [-0.15, -0.1) is 11.3 Å². The summed E-state index contributed by atoms with van der Waals surface area (Å²) in [6.45, 7) is 0. The van der Waals surface area contributed by atoms with Crippen LogP contribution in [0.3, 0.4) is 0 Å². The second-order valence-electron chi connectivity index (χ2n) is 4.47. The summed E-state index contributed by atoms with van der Waals surface area (Å²) in [5.41, 5.74) is -2.42. The molecule has 4 nitrogen and oxygen atoms in total. The number of H-pyrrole nitrogens is 1. The second-order valence-corrected chi connectivity index (χ2v) is 7.70. The van der Waals surface area contributed by atoms with E-state index in [2.05, 4.69) is 10.1 Å². The molecule has 0 spiro atoms. The first-order chi connectivity index (χ1) is 10.6. The normalized spacial score (nSPS) is 13.0. The molecule has 0 aliphatic carbocycles. The van der Waals surface area contributed by atoms with Crippen molar-refractivity contribution in [1.29, 1.82) is 0 Å². The predicted molar refractivity (Wildman–Crippen MR) is 83.4 cm³/mol. The molecule has 0 atom stereocenters. The highest BCUT2D eigenvalue weighted by atomic mass is 35.6. The highest BCUT2D eigenvalue weighted by Gasteiger charge is 2.36. The Labute approximate surface area is 145 Å². The van der Waals surface area contributed by atoms with Gasteiger partial charge in [0.2, 0.25) is 3.79 Å². The van der Waals surface area contributed by atoms with Gasteiger partial charge in [-0.3, -0.25) is 9.89 Å². The predicted octanol–water partition coefficient (Wildman–Crippen LogP) is 4.60. The number of hydrogen-bond donors (Lipinski definition) is 1. The van der Waals surface area contributed by atoms with Crippen LogP contribution in [-0.4, -0.2) is 14.6 Å². The van der Waals surface area contributed by atoms with E-state index in [0.717, 1.165) is 4.52 Å². The molecule has 0 aromatic carbocycles. The SMILES string of the molecule is O=c1cc(C(F)(F)F)nc2c(-c3cccs3)c(C(Cl)(Cl)Cl)[nH]n12. The van der Waals surface area contributed by atoms with Gasteiger partial charge in [0, 0.05) is 10.9 Å². The van der Waals surface area contributed by atoms with Gasteiger partial charge in [-0.2, -0.15) is 13.2 Å². The lowest BCUT2D eigenvalue weighted by molar-refractivity contribution is -0.141. The quantitative estimate of drug-likeness (QED) is 0.605. The first kappa shape index (κ1) is 16.6. The van der Waals surface area contributed by atoms with Crippen LogP contribution in [0.15, 0.2) is 28.4 Å². The minimum atomic E-state index is -4.77. The van der Waals surface area contributed by atoms with E-state index in [-0.39, 0.29) is 16.9 Å². The van der Waals surface area contributed by atoms with E-state index in [4.69, 9.17) is 34.8 Å². The fourth-order valence-electron chi connectivity index (χ4n) is 2.04. The molecular formula is C12H5Cl3F3N3OS. The molecule has 3 aromatic rings. The first-order valence-corrected chi connectivity index (χ1v) is 7.94. The van der Waals surface area contributed by atoms with E-state index in [1.54, 1.807) is 17.5 Å². The number of aromatic nitrogens is 3. The zero-order chi connectivity index (χ0) is 17.0. The van der Waals surface area contributed by atoms with Gasteiger partial charge in [0.05, 0.1) is 11.3 Å². The van der Waals surface area contributed by atoms with Crippen molar-refractivity contribution in [2.24, 2.45) is 0 Å². The van der Waals surface area contributed by atoms with Crippen molar-refractivity contribution in [3.8, 4) is 10.4 Å². The molecule has 1 N–H and O–H groups in total. The van der Waals surface area contributed by atoms with E-state index in [1.807, 2.05) is 0 Å². The zero-order valence-corrected chi connectivity index (χ0v) is 13.9. The standard InChI is InChI=1S/C12H5Cl3F3N3OS/c13-11(14,15)9-8(5-2-1-3-23-5)10-19-6(12(16,17)18)4-7(22)21(10)20-9/h1-4,20H. The lowest BCUT2D eigenvalue weighted by atomic mass is 10.2. The first-order valence-electron chi connectivity index (χ1n) is 5.93. The van der Waals surface area contributed by atoms with Crippen LogP contribution < -0.4 is 5.56 Å². The number of nitrogens with one attached hydrogen (secondary N) is 1. The van der Waals surface area contributed by atoms with Gasteiger partial charge in [0.1, 0.15) is 0 Å². The van der Waals surface area contributed by atoms with Gasteiger partial charge in [-0.05, 0) is 11.4 Å². The molecule has 3 heterocycles. The molecule has 0 amide bonds. The van der Waals surface area contributed by atoms with Crippen molar-refractivity contribution >= 4 is 51.8 Å². The molecular weight excluding hydrogens is 398 g/mol. The number of rotatable bonds is 1. The van der Waals surface area contributed by atoms with Crippen LogP contribution in [0, 0.1) is 0 Å².